The maximum atomic E-state index is 12.6. The number of aromatic nitrogens is 2. The van der Waals surface area contributed by atoms with Crippen LogP contribution in [0.1, 0.15) is 58.3 Å². The van der Waals surface area contributed by atoms with E-state index in [-0.39, 0.29) is 17.4 Å². The van der Waals surface area contributed by atoms with Crippen LogP contribution in [0.4, 0.5) is 0 Å². The number of nitrogens with zero attached hydrogens (tertiary/aromatic N) is 3. The molecule has 0 saturated heterocycles. The fraction of sp³-hybridized carbons (Fsp3) is 0.333. The van der Waals surface area contributed by atoms with Crippen LogP contribution in [0.25, 0.3) is 0 Å². The topological polar surface area (TPSA) is 72.3 Å². The van der Waals surface area contributed by atoms with E-state index in [1.165, 1.54) is 15.6 Å². The van der Waals surface area contributed by atoms with Gasteiger partial charge >= 0.3 is 0 Å². The lowest BCUT2D eigenvalue weighted by molar-refractivity contribution is 0.0594. The van der Waals surface area contributed by atoms with E-state index in [4.69, 9.17) is 0 Å². The Balaban J connectivity index is 2.06. The molecule has 124 valence electrons. The first-order chi connectivity index (χ1) is 11.5. The van der Waals surface area contributed by atoms with Crippen molar-refractivity contribution in [3.63, 3.8) is 0 Å². The number of carbonyl (C=O) groups excluding carboxylic acids is 2. The highest BCUT2D eigenvalue weighted by Crippen LogP contribution is 2.31. The first-order valence-electron chi connectivity index (χ1n) is 7.99. The Kier molecular flexibility index (Phi) is 4.05. The molecule has 0 aliphatic carbocycles. The van der Waals surface area contributed by atoms with Gasteiger partial charge < -0.3 is 0 Å². The van der Waals surface area contributed by atoms with Crippen LogP contribution in [0.15, 0.2) is 35.1 Å². The lowest BCUT2D eigenvalue weighted by atomic mass is 10.0. The second-order valence-electron chi connectivity index (χ2n) is 5.96. The fourth-order valence-electron chi connectivity index (χ4n) is 3.09. The molecule has 0 bridgehead atoms. The van der Waals surface area contributed by atoms with Crippen molar-refractivity contribution in [1.82, 2.24) is 14.7 Å². The standard InChI is InChI=1S/C18H19N3O3/c1-4-7-15-14(10-16(22)20(3)19-15)11(2)21-17(23)12-8-5-6-9-13(12)18(21)24/h5-6,8-11H,4,7H2,1-3H3. The molecule has 6 heteroatoms. The predicted molar refractivity (Wildman–Crippen MR) is 88.8 cm³/mol. The van der Waals surface area contributed by atoms with Gasteiger partial charge in [-0.3, -0.25) is 19.3 Å². The highest BCUT2D eigenvalue weighted by molar-refractivity contribution is 6.21. The Labute approximate surface area is 139 Å². The van der Waals surface area contributed by atoms with E-state index in [1.54, 1.807) is 38.2 Å². The highest BCUT2D eigenvalue weighted by atomic mass is 16.2. The summed E-state index contributed by atoms with van der Waals surface area (Å²) in [5.74, 6) is -0.655. The van der Waals surface area contributed by atoms with Crippen molar-refractivity contribution in [2.75, 3.05) is 0 Å². The molecule has 2 aromatic rings. The van der Waals surface area contributed by atoms with Crippen LogP contribution in [-0.2, 0) is 13.5 Å². The Hall–Kier alpha value is -2.76. The van der Waals surface area contributed by atoms with E-state index in [9.17, 15) is 14.4 Å². The van der Waals surface area contributed by atoms with Gasteiger partial charge in [0, 0.05) is 18.7 Å². The monoisotopic (exact) mass is 325 g/mol. The Morgan fingerprint density at radius 3 is 2.21 bits per heavy atom. The number of amides is 2. The molecule has 0 fully saturated rings. The van der Waals surface area contributed by atoms with E-state index in [0.717, 1.165) is 12.1 Å². The summed E-state index contributed by atoms with van der Waals surface area (Å²) in [6.07, 6.45) is 1.53. The van der Waals surface area contributed by atoms with E-state index in [1.807, 2.05) is 6.92 Å². The number of fused-ring (bicyclic) bond motifs is 1. The third-order valence-electron chi connectivity index (χ3n) is 4.35. The first kappa shape index (κ1) is 16.1. The second-order valence-corrected chi connectivity index (χ2v) is 5.96. The zero-order valence-corrected chi connectivity index (χ0v) is 13.9. The SMILES string of the molecule is CCCc1nn(C)c(=O)cc1C(C)N1C(=O)c2ccccc2C1=O. The Morgan fingerprint density at radius 1 is 1.08 bits per heavy atom. The van der Waals surface area contributed by atoms with Crippen LogP contribution in [0.2, 0.25) is 0 Å². The molecule has 2 amide bonds. The average molecular weight is 325 g/mol. The van der Waals surface area contributed by atoms with Crippen molar-refractivity contribution < 1.29 is 9.59 Å². The lowest BCUT2D eigenvalue weighted by Gasteiger charge is -2.24. The summed E-state index contributed by atoms with van der Waals surface area (Å²) in [7, 11) is 1.60. The van der Waals surface area contributed by atoms with Gasteiger partial charge in [-0.15, -0.1) is 0 Å². The number of rotatable bonds is 4. The summed E-state index contributed by atoms with van der Waals surface area (Å²) in [5.41, 5.74) is 1.93. The molecular weight excluding hydrogens is 306 g/mol. The second kappa shape index (κ2) is 6.03. The molecule has 1 unspecified atom stereocenters. The summed E-state index contributed by atoms with van der Waals surface area (Å²) < 4.78 is 1.28. The van der Waals surface area contributed by atoms with Crippen LogP contribution >= 0.6 is 0 Å². The van der Waals surface area contributed by atoms with Crippen molar-refractivity contribution in [1.29, 1.82) is 0 Å². The molecule has 1 atom stereocenters. The molecule has 0 N–H and O–H groups in total. The minimum absolute atomic E-state index is 0.256. The van der Waals surface area contributed by atoms with Gasteiger partial charge in [0.15, 0.2) is 0 Å². The zero-order chi connectivity index (χ0) is 17.4. The molecule has 0 radical (unpaired) electrons. The molecule has 3 rings (SSSR count). The Bertz CT molecular complexity index is 850. The van der Waals surface area contributed by atoms with E-state index < -0.39 is 6.04 Å². The molecule has 6 nitrogen and oxygen atoms in total. The maximum Gasteiger partial charge on any atom is 0.266 e. The first-order valence-corrected chi connectivity index (χ1v) is 7.99. The van der Waals surface area contributed by atoms with Gasteiger partial charge in [0.1, 0.15) is 0 Å². The van der Waals surface area contributed by atoms with Crippen molar-refractivity contribution in [2.24, 2.45) is 7.05 Å². The zero-order valence-electron chi connectivity index (χ0n) is 13.9. The van der Waals surface area contributed by atoms with Crippen LogP contribution in [0.5, 0.6) is 0 Å². The molecule has 0 saturated carbocycles. The highest BCUT2D eigenvalue weighted by Gasteiger charge is 2.39. The van der Waals surface area contributed by atoms with Crippen molar-refractivity contribution in [3.8, 4) is 0 Å². The molecular formula is C18H19N3O3. The number of aryl methyl sites for hydroxylation is 2. The lowest BCUT2D eigenvalue weighted by Crippen LogP contribution is -2.34. The average Bonchev–Trinajstić information content (AvgIpc) is 2.82. The fourth-order valence-corrected chi connectivity index (χ4v) is 3.09. The summed E-state index contributed by atoms with van der Waals surface area (Å²) in [6, 6.07) is 7.71. The largest absolute Gasteiger partial charge is 0.269 e. The minimum Gasteiger partial charge on any atom is -0.269 e. The summed E-state index contributed by atoms with van der Waals surface area (Å²) in [4.78, 5) is 38.5. The molecule has 24 heavy (non-hydrogen) atoms. The van der Waals surface area contributed by atoms with E-state index in [2.05, 4.69) is 5.10 Å². The third kappa shape index (κ3) is 2.44. The maximum absolute atomic E-state index is 12.6. The molecule has 1 aliphatic heterocycles. The summed E-state index contributed by atoms with van der Waals surface area (Å²) in [6.45, 7) is 3.78. The van der Waals surface area contributed by atoms with Crippen LogP contribution < -0.4 is 5.56 Å². The van der Waals surface area contributed by atoms with E-state index >= 15 is 0 Å². The third-order valence-corrected chi connectivity index (χ3v) is 4.35. The van der Waals surface area contributed by atoms with Gasteiger partial charge in [0.2, 0.25) is 0 Å². The smallest absolute Gasteiger partial charge is 0.266 e. The van der Waals surface area contributed by atoms with Gasteiger partial charge in [-0.25, -0.2) is 4.68 Å². The number of hydrogen-bond donors (Lipinski definition) is 0. The predicted octanol–water partition coefficient (Wildman–Crippen LogP) is 2.09. The van der Waals surface area contributed by atoms with Crippen molar-refractivity contribution >= 4 is 11.8 Å². The van der Waals surface area contributed by atoms with Gasteiger partial charge in [0.05, 0.1) is 22.9 Å². The van der Waals surface area contributed by atoms with Gasteiger partial charge in [-0.05, 0) is 25.5 Å². The molecule has 2 heterocycles. The number of hydrogen-bond acceptors (Lipinski definition) is 4. The van der Waals surface area contributed by atoms with Crippen LogP contribution in [-0.4, -0.2) is 26.5 Å². The van der Waals surface area contributed by atoms with Crippen LogP contribution in [0, 0.1) is 0 Å². The molecule has 1 aromatic carbocycles. The van der Waals surface area contributed by atoms with Crippen molar-refractivity contribution in [3.05, 3.63) is 63.1 Å². The minimum atomic E-state index is -0.541. The molecule has 1 aromatic heterocycles. The van der Waals surface area contributed by atoms with E-state index in [0.29, 0.717) is 23.1 Å². The van der Waals surface area contributed by atoms with Gasteiger partial charge in [-0.1, -0.05) is 25.5 Å². The number of benzene rings is 1. The summed E-state index contributed by atoms with van der Waals surface area (Å²) >= 11 is 0. The molecule has 1 aliphatic rings. The quantitative estimate of drug-likeness (QED) is 0.807. The van der Waals surface area contributed by atoms with Gasteiger partial charge in [-0.2, -0.15) is 5.10 Å². The van der Waals surface area contributed by atoms with Crippen LogP contribution in [0.3, 0.4) is 0 Å². The molecule has 0 spiro atoms. The summed E-state index contributed by atoms with van der Waals surface area (Å²) in [5, 5.41) is 4.31. The number of carbonyl (C=O) groups is 2. The van der Waals surface area contributed by atoms with Gasteiger partial charge in [0.25, 0.3) is 17.4 Å². The Morgan fingerprint density at radius 2 is 1.67 bits per heavy atom. The normalized spacial score (nSPS) is 14.9. The van der Waals surface area contributed by atoms with Crippen molar-refractivity contribution in [2.45, 2.75) is 32.7 Å². The number of imide groups is 1.